The highest BCUT2D eigenvalue weighted by molar-refractivity contribution is 7.99. The van der Waals surface area contributed by atoms with Crippen LogP contribution in [-0.2, 0) is 9.59 Å². The molecule has 2 amide bonds. The molecule has 1 saturated heterocycles. The summed E-state index contributed by atoms with van der Waals surface area (Å²) in [5, 5.41) is 13.2. The van der Waals surface area contributed by atoms with E-state index in [0.717, 1.165) is 48.0 Å². The maximum atomic E-state index is 12.8. The number of carbonyl (C=O) groups is 2. The number of carbonyl (C=O) groups excluding carboxylic acids is 2. The third-order valence-corrected chi connectivity index (χ3v) is 7.59. The van der Waals surface area contributed by atoms with Crippen molar-refractivity contribution in [1.82, 2.24) is 14.8 Å². The molecule has 9 heteroatoms. The first-order chi connectivity index (χ1) is 16.6. The molecule has 0 radical (unpaired) electrons. The van der Waals surface area contributed by atoms with E-state index in [1.54, 1.807) is 4.90 Å². The Morgan fingerprint density at radius 1 is 1.09 bits per heavy atom. The molecule has 1 aliphatic carbocycles. The van der Waals surface area contributed by atoms with Crippen molar-refractivity contribution in [2.24, 2.45) is 0 Å². The molecule has 176 valence electrons. The first-order valence-corrected chi connectivity index (χ1v) is 13.0. The fourth-order valence-electron chi connectivity index (χ4n) is 4.69. The van der Waals surface area contributed by atoms with Gasteiger partial charge in [0, 0.05) is 35.9 Å². The quantitative estimate of drug-likeness (QED) is 0.433. The maximum absolute atomic E-state index is 12.8. The van der Waals surface area contributed by atoms with E-state index in [0.29, 0.717) is 23.2 Å². The summed E-state index contributed by atoms with van der Waals surface area (Å²) in [6.07, 6.45) is 5.92. The van der Waals surface area contributed by atoms with Crippen LogP contribution in [0.3, 0.4) is 0 Å². The van der Waals surface area contributed by atoms with Gasteiger partial charge in [0.25, 0.3) is 0 Å². The topological polar surface area (TPSA) is 80.1 Å². The van der Waals surface area contributed by atoms with E-state index in [-0.39, 0.29) is 17.6 Å². The number of benzene rings is 2. The molecule has 2 heterocycles. The molecule has 1 saturated carbocycles. The van der Waals surface area contributed by atoms with Gasteiger partial charge in [-0.05, 0) is 49.6 Å². The Morgan fingerprint density at radius 2 is 1.91 bits per heavy atom. The molecule has 2 aromatic carbocycles. The molecule has 34 heavy (non-hydrogen) atoms. The molecular weight excluding hydrogens is 470 g/mol. The predicted molar refractivity (Wildman–Crippen MR) is 135 cm³/mol. The van der Waals surface area contributed by atoms with E-state index in [9.17, 15) is 9.59 Å². The lowest BCUT2D eigenvalue weighted by atomic mass is 10.2. The van der Waals surface area contributed by atoms with E-state index in [1.807, 2.05) is 48.5 Å². The van der Waals surface area contributed by atoms with Crippen LogP contribution in [-0.4, -0.2) is 38.9 Å². The molecule has 0 spiro atoms. The zero-order valence-electron chi connectivity index (χ0n) is 18.7. The Morgan fingerprint density at radius 3 is 2.68 bits per heavy atom. The molecule has 0 bridgehead atoms. The van der Waals surface area contributed by atoms with E-state index in [2.05, 4.69) is 20.1 Å². The number of hydrogen-bond acceptors (Lipinski definition) is 5. The minimum atomic E-state index is -0.129. The monoisotopic (exact) mass is 495 g/mol. The van der Waals surface area contributed by atoms with Crippen molar-refractivity contribution in [3.05, 3.63) is 53.6 Å². The number of nitrogens with one attached hydrogen (secondary N) is 1. The smallest absolute Gasteiger partial charge is 0.234 e. The molecule has 3 aromatic rings. The van der Waals surface area contributed by atoms with Crippen LogP contribution in [0.4, 0.5) is 11.4 Å². The molecular formula is C25H26ClN5O2S. The Hall–Kier alpha value is -2.84. The molecule has 0 atom stereocenters. The van der Waals surface area contributed by atoms with Gasteiger partial charge in [-0.1, -0.05) is 54.4 Å². The summed E-state index contributed by atoms with van der Waals surface area (Å²) in [5.74, 6) is 0.957. The van der Waals surface area contributed by atoms with Gasteiger partial charge in [0.2, 0.25) is 11.8 Å². The Labute approximate surface area is 207 Å². The minimum absolute atomic E-state index is 0.125. The van der Waals surface area contributed by atoms with Crippen LogP contribution in [0, 0.1) is 0 Å². The molecule has 2 aliphatic rings. The van der Waals surface area contributed by atoms with E-state index in [4.69, 9.17) is 11.6 Å². The molecule has 7 nitrogen and oxygen atoms in total. The van der Waals surface area contributed by atoms with Crippen molar-refractivity contribution in [2.75, 3.05) is 22.5 Å². The van der Waals surface area contributed by atoms with Crippen LogP contribution < -0.4 is 10.2 Å². The molecule has 1 aliphatic heterocycles. The van der Waals surface area contributed by atoms with Gasteiger partial charge >= 0.3 is 0 Å². The highest BCUT2D eigenvalue weighted by atomic mass is 35.5. The fraction of sp³-hybridized carbons (Fsp3) is 0.360. The number of halogens is 1. The standard InChI is InChI=1S/C25H26ClN5O2S/c26-21-12-4-3-11-20(21)24-28-29-25(31(24)18-8-1-2-9-18)34-16-22(32)27-17-7-5-10-19(15-17)30-14-6-13-23(30)33/h3-5,7,10-12,15,18H,1-2,6,8-9,13-14,16H2,(H,27,32). The Bertz CT molecular complexity index is 1210. The fourth-order valence-corrected chi connectivity index (χ4v) is 5.72. The van der Waals surface area contributed by atoms with E-state index in [1.165, 1.54) is 24.6 Å². The number of anilines is 2. The average Bonchev–Trinajstić information content (AvgIpc) is 3.59. The summed E-state index contributed by atoms with van der Waals surface area (Å²) in [5.41, 5.74) is 2.35. The SMILES string of the molecule is O=C(CSc1nnc(-c2ccccc2Cl)n1C1CCCC1)Nc1cccc(N2CCCC2=O)c1. The van der Waals surface area contributed by atoms with Crippen molar-refractivity contribution in [3.8, 4) is 11.4 Å². The van der Waals surface area contributed by atoms with Crippen molar-refractivity contribution in [3.63, 3.8) is 0 Å². The molecule has 2 fully saturated rings. The number of nitrogens with zero attached hydrogens (tertiary/aromatic N) is 4. The summed E-state index contributed by atoms with van der Waals surface area (Å²) < 4.78 is 2.16. The number of rotatable bonds is 7. The second-order valence-electron chi connectivity index (χ2n) is 8.63. The maximum Gasteiger partial charge on any atom is 0.234 e. The van der Waals surface area contributed by atoms with Crippen LogP contribution >= 0.6 is 23.4 Å². The van der Waals surface area contributed by atoms with Gasteiger partial charge in [-0.3, -0.25) is 14.2 Å². The summed E-state index contributed by atoms with van der Waals surface area (Å²) in [6, 6.07) is 15.4. The van der Waals surface area contributed by atoms with Crippen molar-refractivity contribution in [2.45, 2.75) is 49.7 Å². The van der Waals surface area contributed by atoms with Crippen LogP contribution in [0.5, 0.6) is 0 Å². The highest BCUT2D eigenvalue weighted by Gasteiger charge is 2.26. The van der Waals surface area contributed by atoms with Crippen LogP contribution in [0.25, 0.3) is 11.4 Å². The number of aromatic nitrogens is 3. The largest absolute Gasteiger partial charge is 0.325 e. The third-order valence-electron chi connectivity index (χ3n) is 6.32. The predicted octanol–water partition coefficient (Wildman–Crippen LogP) is 5.57. The zero-order valence-corrected chi connectivity index (χ0v) is 20.3. The lowest BCUT2D eigenvalue weighted by molar-refractivity contribution is -0.117. The number of amides is 2. The normalized spacial score (nSPS) is 16.4. The summed E-state index contributed by atoms with van der Waals surface area (Å²) in [6.45, 7) is 0.719. The lowest BCUT2D eigenvalue weighted by Gasteiger charge is -2.18. The second kappa shape index (κ2) is 10.2. The average molecular weight is 496 g/mol. The summed E-state index contributed by atoms with van der Waals surface area (Å²) in [4.78, 5) is 26.6. The van der Waals surface area contributed by atoms with Gasteiger partial charge in [-0.2, -0.15) is 0 Å². The second-order valence-corrected chi connectivity index (χ2v) is 9.98. The third kappa shape index (κ3) is 4.83. The van der Waals surface area contributed by atoms with Gasteiger partial charge in [0.15, 0.2) is 11.0 Å². The van der Waals surface area contributed by atoms with Crippen LogP contribution in [0.15, 0.2) is 53.7 Å². The van der Waals surface area contributed by atoms with Gasteiger partial charge < -0.3 is 10.2 Å². The summed E-state index contributed by atoms with van der Waals surface area (Å²) in [7, 11) is 0. The molecule has 1 aromatic heterocycles. The number of hydrogen-bond donors (Lipinski definition) is 1. The number of thioether (sulfide) groups is 1. The van der Waals surface area contributed by atoms with Gasteiger partial charge in [0.05, 0.1) is 10.8 Å². The van der Waals surface area contributed by atoms with Crippen LogP contribution in [0.1, 0.15) is 44.6 Å². The van der Waals surface area contributed by atoms with Crippen molar-refractivity contribution < 1.29 is 9.59 Å². The van der Waals surface area contributed by atoms with E-state index < -0.39 is 0 Å². The molecule has 5 rings (SSSR count). The Kier molecular flexibility index (Phi) is 6.87. The van der Waals surface area contributed by atoms with Gasteiger partial charge in [-0.15, -0.1) is 10.2 Å². The first kappa shape index (κ1) is 22.9. The van der Waals surface area contributed by atoms with Crippen molar-refractivity contribution in [1.29, 1.82) is 0 Å². The van der Waals surface area contributed by atoms with Crippen LogP contribution in [0.2, 0.25) is 5.02 Å². The molecule has 0 unspecified atom stereocenters. The van der Waals surface area contributed by atoms with Crippen molar-refractivity contribution >= 4 is 46.6 Å². The first-order valence-electron chi connectivity index (χ1n) is 11.6. The molecule has 1 N–H and O–H groups in total. The Balaban J connectivity index is 1.30. The van der Waals surface area contributed by atoms with Gasteiger partial charge in [0.1, 0.15) is 0 Å². The zero-order chi connectivity index (χ0) is 23.5. The van der Waals surface area contributed by atoms with E-state index >= 15 is 0 Å². The minimum Gasteiger partial charge on any atom is -0.325 e. The summed E-state index contributed by atoms with van der Waals surface area (Å²) >= 11 is 7.84. The lowest BCUT2D eigenvalue weighted by Crippen LogP contribution is -2.23. The highest BCUT2D eigenvalue weighted by Crippen LogP contribution is 2.38. The van der Waals surface area contributed by atoms with Gasteiger partial charge in [-0.25, -0.2) is 0 Å².